The highest BCUT2D eigenvalue weighted by atomic mass is 16.2. The molecule has 90 valence electrons. The number of hydrogen-bond acceptors (Lipinski definition) is 2. The molecule has 0 aromatic heterocycles. The van der Waals surface area contributed by atoms with Gasteiger partial charge < -0.3 is 10.2 Å². The highest BCUT2D eigenvalue weighted by molar-refractivity contribution is 6.08. The lowest BCUT2D eigenvalue weighted by Gasteiger charge is -2.24. The average Bonchev–Trinajstić information content (AvgIpc) is 2.41. The summed E-state index contributed by atoms with van der Waals surface area (Å²) in [5, 5.41) is 2.75. The maximum absolute atomic E-state index is 12.2. The van der Waals surface area contributed by atoms with E-state index in [0.717, 1.165) is 16.8 Å². The van der Waals surface area contributed by atoms with Crippen molar-refractivity contribution in [3.63, 3.8) is 0 Å². The van der Waals surface area contributed by atoms with Crippen LogP contribution in [0.4, 0.5) is 5.69 Å². The Morgan fingerprint density at radius 3 is 2.65 bits per heavy atom. The fourth-order valence-electron chi connectivity index (χ4n) is 2.38. The first-order valence-electron chi connectivity index (χ1n) is 5.54. The van der Waals surface area contributed by atoms with Crippen molar-refractivity contribution in [3.05, 3.63) is 29.3 Å². The molecular formula is C13H16N2O2. The first kappa shape index (κ1) is 11.6. The Labute approximate surface area is 101 Å². The first-order chi connectivity index (χ1) is 7.86. The Kier molecular flexibility index (Phi) is 2.45. The molecule has 0 aliphatic carbocycles. The average molecular weight is 232 g/mol. The van der Waals surface area contributed by atoms with Crippen molar-refractivity contribution < 1.29 is 9.59 Å². The predicted octanol–water partition coefficient (Wildman–Crippen LogP) is 1.32. The zero-order valence-corrected chi connectivity index (χ0v) is 10.5. The maximum Gasteiger partial charge on any atom is 0.256 e. The number of nitrogens with zero attached hydrogens (tertiary/aromatic N) is 1. The molecule has 0 radical (unpaired) electrons. The number of rotatable bonds is 1. The summed E-state index contributed by atoms with van der Waals surface area (Å²) in [5.74, 6) is -0.308. The SMILES string of the molecule is CC(=O)NC1(C)C(=O)N(C)c2ccc(C)cc21. The van der Waals surface area contributed by atoms with Gasteiger partial charge in [-0.2, -0.15) is 0 Å². The molecule has 17 heavy (non-hydrogen) atoms. The summed E-state index contributed by atoms with van der Waals surface area (Å²) in [4.78, 5) is 25.1. The van der Waals surface area contributed by atoms with Gasteiger partial charge in [0.05, 0.1) is 0 Å². The van der Waals surface area contributed by atoms with Gasteiger partial charge in [0.15, 0.2) is 0 Å². The van der Waals surface area contributed by atoms with Crippen molar-refractivity contribution in [3.8, 4) is 0 Å². The molecule has 1 aromatic carbocycles. The van der Waals surface area contributed by atoms with Gasteiger partial charge in [-0.15, -0.1) is 0 Å². The molecule has 2 rings (SSSR count). The van der Waals surface area contributed by atoms with Crippen LogP contribution in [0, 0.1) is 6.92 Å². The van der Waals surface area contributed by atoms with Gasteiger partial charge in [0.25, 0.3) is 5.91 Å². The second kappa shape index (κ2) is 3.58. The third-order valence-corrected chi connectivity index (χ3v) is 3.21. The van der Waals surface area contributed by atoms with Crippen LogP contribution in [0.15, 0.2) is 18.2 Å². The first-order valence-corrected chi connectivity index (χ1v) is 5.54. The van der Waals surface area contributed by atoms with E-state index in [1.54, 1.807) is 18.9 Å². The van der Waals surface area contributed by atoms with Gasteiger partial charge >= 0.3 is 0 Å². The molecule has 0 bridgehead atoms. The van der Waals surface area contributed by atoms with Crippen molar-refractivity contribution in [1.82, 2.24) is 5.32 Å². The van der Waals surface area contributed by atoms with Crippen molar-refractivity contribution in [1.29, 1.82) is 0 Å². The van der Waals surface area contributed by atoms with Gasteiger partial charge in [-0.25, -0.2) is 0 Å². The molecule has 1 aliphatic rings. The topological polar surface area (TPSA) is 49.4 Å². The molecule has 1 atom stereocenters. The lowest BCUT2D eigenvalue weighted by atomic mass is 9.92. The molecule has 4 heteroatoms. The van der Waals surface area contributed by atoms with Gasteiger partial charge in [0.1, 0.15) is 5.54 Å². The summed E-state index contributed by atoms with van der Waals surface area (Å²) in [7, 11) is 1.73. The van der Waals surface area contributed by atoms with E-state index in [9.17, 15) is 9.59 Å². The van der Waals surface area contributed by atoms with Gasteiger partial charge in [-0.05, 0) is 19.9 Å². The van der Waals surface area contributed by atoms with Gasteiger partial charge in [0, 0.05) is 25.2 Å². The number of carbonyl (C=O) groups excluding carboxylic acids is 2. The van der Waals surface area contributed by atoms with Crippen molar-refractivity contribution >= 4 is 17.5 Å². The van der Waals surface area contributed by atoms with E-state index < -0.39 is 5.54 Å². The number of anilines is 1. The molecule has 1 aliphatic heterocycles. The monoisotopic (exact) mass is 232 g/mol. The normalized spacial score (nSPS) is 22.6. The lowest BCUT2D eigenvalue weighted by molar-refractivity contribution is -0.129. The van der Waals surface area contributed by atoms with Crippen LogP contribution in [0.2, 0.25) is 0 Å². The van der Waals surface area contributed by atoms with E-state index in [1.165, 1.54) is 6.92 Å². The van der Waals surface area contributed by atoms with Crippen molar-refractivity contribution in [2.24, 2.45) is 0 Å². The van der Waals surface area contributed by atoms with E-state index in [-0.39, 0.29) is 11.8 Å². The summed E-state index contributed by atoms with van der Waals surface area (Å²) in [6, 6.07) is 5.82. The molecule has 0 saturated heterocycles. The third-order valence-electron chi connectivity index (χ3n) is 3.21. The van der Waals surface area contributed by atoms with Crippen LogP contribution in [0.1, 0.15) is 25.0 Å². The zero-order chi connectivity index (χ0) is 12.8. The minimum atomic E-state index is -0.943. The smallest absolute Gasteiger partial charge is 0.256 e. The molecule has 4 nitrogen and oxygen atoms in total. The highest BCUT2D eigenvalue weighted by Gasteiger charge is 2.46. The highest BCUT2D eigenvalue weighted by Crippen LogP contribution is 2.39. The van der Waals surface area contributed by atoms with Gasteiger partial charge in [0.2, 0.25) is 5.91 Å². The van der Waals surface area contributed by atoms with Crippen molar-refractivity contribution in [2.45, 2.75) is 26.3 Å². The second-order valence-electron chi connectivity index (χ2n) is 4.69. The third kappa shape index (κ3) is 1.60. The number of amides is 2. The number of hydrogen-bond donors (Lipinski definition) is 1. The quantitative estimate of drug-likeness (QED) is 0.794. The number of aryl methyl sites for hydroxylation is 1. The second-order valence-corrected chi connectivity index (χ2v) is 4.69. The summed E-state index contributed by atoms with van der Waals surface area (Å²) in [5.41, 5.74) is 1.85. The molecule has 0 spiro atoms. The number of likely N-dealkylation sites (N-methyl/N-ethyl adjacent to an activating group) is 1. The molecule has 1 N–H and O–H groups in total. The molecule has 1 aromatic rings. The summed E-state index contributed by atoms with van der Waals surface area (Å²) >= 11 is 0. The molecule has 0 fully saturated rings. The van der Waals surface area contributed by atoms with E-state index in [4.69, 9.17) is 0 Å². The molecule has 1 heterocycles. The Bertz CT molecular complexity index is 510. The summed E-state index contributed by atoms with van der Waals surface area (Å²) in [6.45, 7) is 5.14. The van der Waals surface area contributed by atoms with Gasteiger partial charge in [-0.3, -0.25) is 9.59 Å². The number of carbonyl (C=O) groups is 2. The number of nitrogens with one attached hydrogen (secondary N) is 1. The Morgan fingerprint density at radius 1 is 1.41 bits per heavy atom. The molecule has 1 unspecified atom stereocenters. The maximum atomic E-state index is 12.2. The zero-order valence-electron chi connectivity index (χ0n) is 10.5. The molecule has 2 amide bonds. The predicted molar refractivity (Wildman–Crippen MR) is 65.8 cm³/mol. The van der Waals surface area contributed by atoms with Crippen LogP contribution >= 0.6 is 0 Å². The van der Waals surface area contributed by atoms with E-state index in [0.29, 0.717) is 0 Å². The van der Waals surface area contributed by atoms with Crippen LogP contribution in [-0.2, 0) is 15.1 Å². The number of fused-ring (bicyclic) bond motifs is 1. The Hall–Kier alpha value is -1.84. The van der Waals surface area contributed by atoms with E-state index in [1.807, 2.05) is 25.1 Å². The molecular weight excluding hydrogens is 216 g/mol. The van der Waals surface area contributed by atoms with Crippen LogP contribution in [0.25, 0.3) is 0 Å². The lowest BCUT2D eigenvalue weighted by Crippen LogP contribution is -2.49. The Morgan fingerprint density at radius 2 is 2.06 bits per heavy atom. The Balaban J connectivity index is 2.60. The minimum Gasteiger partial charge on any atom is -0.338 e. The van der Waals surface area contributed by atoms with Crippen LogP contribution in [0.3, 0.4) is 0 Å². The number of benzene rings is 1. The largest absolute Gasteiger partial charge is 0.338 e. The standard InChI is InChI=1S/C13H16N2O2/c1-8-5-6-11-10(7-8)13(3,14-9(2)16)12(17)15(11)4/h5-7H,1-4H3,(H,14,16). The summed E-state index contributed by atoms with van der Waals surface area (Å²) in [6.07, 6.45) is 0. The fraction of sp³-hybridized carbons (Fsp3) is 0.385. The minimum absolute atomic E-state index is 0.103. The fourth-order valence-corrected chi connectivity index (χ4v) is 2.38. The van der Waals surface area contributed by atoms with E-state index in [2.05, 4.69) is 5.32 Å². The van der Waals surface area contributed by atoms with Crippen LogP contribution < -0.4 is 10.2 Å². The summed E-state index contributed by atoms with van der Waals surface area (Å²) < 4.78 is 0. The van der Waals surface area contributed by atoms with Crippen LogP contribution in [-0.4, -0.2) is 18.9 Å². The molecule has 0 saturated carbocycles. The van der Waals surface area contributed by atoms with Gasteiger partial charge in [-0.1, -0.05) is 17.7 Å². The van der Waals surface area contributed by atoms with E-state index >= 15 is 0 Å². The van der Waals surface area contributed by atoms with Crippen LogP contribution in [0.5, 0.6) is 0 Å². The van der Waals surface area contributed by atoms with Crippen molar-refractivity contribution in [2.75, 3.05) is 11.9 Å².